The molecule has 0 aromatic heterocycles. The third-order valence-electron chi connectivity index (χ3n) is 4.05. The van der Waals surface area contributed by atoms with Crippen molar-refractivity contribution in [3.8, 4) is 0 Å². The molecule has 0 atom stereocenters. The maximum Gasteiger partial charge on any atom is 0.279 e. The van der Waals surface area contributed by atoms with E-state index in [4.69, 9.17) is 17.3 Å². The number of anilines is 1. The lowest BCUT2D eigenvalue weighted by Gasteiger charge is -2.27. The number of halogens is 1. The Kier molecular flexibility index (Phi) is 5.20. The molecule has 1 fully saturated rings. The van der Waals surface area contributed by atoms with Gasteiger partial charge in [0.2, 0.25) is 5.91 Å². The van der Waals surface area contributed by atoms with Crippen LogP contribution in [0.3, 0.4) is 0 Å². The number of amides is 2. The first-order valence-corrected chi connectivity index (χ1v) is 7.53. The summed E-state index contributed by atoms with van der Waals surface area (Å²) in [4.78, 5) is 24.4. The van der Waals surface area contributed by atoms with Crippen LogP contribution < -0.4 is 16.0 Å². The molecule has 0 spiro atoms. The van der Waals surface area contributed by atoms with Gasteiger partial charge in [-0.2, -0.15) is 0 Å². The number of piperidine rings is 1. The normalized spacial score (nSPS) is 21.8. The summed E-state index contributed by atoms with van der Waals surface area (Å²) >= 11 is 6.03. The van der Waals surface area contributed by atoms with Gasteiger partial charge in [0.15, 0.2) is 6.54 Å². The predicted molar refractivity (Wildman–Crippen MR) is 82.3 cm³/mol. The highest BCUT2D eigenvalue weighted by Crippen LogP contribution is 2.22. The van der Waals surface area contributed by atoms with Gasteiger partial charge in [-0.3, -0.25) is 9.59 Å². The zero-order valence-electron chi connectivity index (χ0n) is 12.1. The molecule has 5 nitrogen and oxygen atoms in total. The Morgan fingerprint density at radius 3 is 2.67 bits per heavy atom. The van der Waals surface area contributed by atoms with E-state index in [1.165, 1.54) is 4.90 Å². The van der Waals surface area contributed by atoms with Crippen LogP contribution in [0.4, 0.5) is 5.69 Å². The van der Waals surface area contributed by atoms with E-state index in [0.717, 1.165) is 37.2 Å². The van der Waals surface area contributed by atoms with Crippen LogP contribution in [0.1, 0.15) is 18.4 Å². The molecule has 1 aliphatic heterocycles. The molecule has 0 bridgehead atoms. The zero-order chi connectivity index (χ0) is 15.4. The van der Waals surface area contributed by atoms with Gasteiger partial charge in [0.05, 0.1) is 13.1 Å². The molecule has 0 saturated carbocycles. The number of primary amides is 1. The number of nitrogens with two attached hydrogens (primary N) is 1. The standard InChI is InChI=1S/C15H20ClN3O2/c1-10-12(16)3-2-4-13(10)18-14(20)9-19-7-5-11(6-8-19)15(17)21/h2-4,11H,5-9H2,1H3,(H2,17,21)(H,18,20)/p+1. The van der Waals surface area contributed by atoms with Crippen LogP contribution in [0.5, 0.6) is 0 Å². The van der Waals surface area contributed by atoms with E-state index in [2.05, 4.69) is 5.32 Å². The minimum Gasteiger partial charge on any atom is -0.369 e. The van der Waals surface area contributed by atoms with Crippen molar-refractivity contribution in [2.75, 3.05) is 25.0 Å². The summed E-state index contributed by atoms with van der Waals surface area (Å²) in [5.74, 6) is -0.298. The zero-order valence-corrected chi connectivity index (χ0v) is 12.9. The van der Waals surface area contributed by atoms with Crippen LogP contribution in [0.25, 0.3) is 0 Å². The summed E-state index contributed by atoms with van der Waals surface area (Å²) in [5, 5.41) is 3.54. The molecule has 4 N–H and O–H groups in total. The number of hydrogen-bond donors (Lipinski definition) is 3. The molecule has 1 saturated heterocycles. The topological polar surface area (TPSA) is 76.6 Å². The van der Waals surface area contributed by atoms with Gasteiger partial charge in [0.25, 0.3) is 5.91 Å². The maximum atomic E-state index is 12.1. The molecule has 0 radical (unpaired) electrons. The van der Waals surface area contributed by atoms with Crippen LogP contribution >= 0.6 is 11.6 Å². The van der Waals surface area contributed by atoms with E-state index in [-0.39, 0.29) is 17.7 Å². The summed E-state index contributed by atoms with van der Waals surface area (Å²) in [5.41, 5.74) is 6.93. The maximum absolute atomic E-state index is 12.1. The number of nitrogens with one attached hydrogen (secondary N) is 2. The fraction of sp³-hybridized carbons (Fsp3) is 0.467. The summed E-state index contributed by atoms with van der Waals surface area (Å²) in [6, 6.07) is 5.45. The van der Waals surface area contributed by atoms with Crippen LogP contribution in [0.2, 0.25) is 5.02 Å². The first-order chi connectivity index (χ1) is 9.97. The van der Waals surface area contributed by atoms with Crippen LogP contribution in [-0.2, 0) is 9.59 Å². The lowest BCUT2D eigenvalue weighted by Crippen LogP contribution is -3.14. The van der Waals surface area contributed by atoms with E-state index in [1.807, 2.05) is 19.1 Å². The second kappa shape index (κ2) is 6.91. The highest BCUT2D eigenvalue weighted by atomic mass is 35.5. The highest BCUT2D eigenvalue weighted by molar-refractivity contribution is 6.31. The summed E-state index contributed by atoms with van der Waals surface area (Å²) in [6.07, 6.45) is 1.52. The number of carbonyl (C=O) groups is 2. The average molecular weight is 311 g/mol. The lowest BCUT2D eigenvalue weighted by molar-refractivity contribution is -0.897. The molecule has 1 heterocycles. The molecule has 0 aliphatic carbocycles. The van der Waals surface area contributed by atoms with Gasteiger partial charge in [-0.1, -0.05) is 17.7 Å². The predicted octanol–water partition coefficient (Wildman–Crippen LogP) is 0.367. The minimum atomic E-state index is -0.229. The van der Waals surface area contributed by atoms with Crippen molar-refractivity contribution in [1.82, 2.24) is 0 Å². The third kappa shape index (κ3) is 4.19. The number of rotatable bonds is 4. The average Bonchev–Trinajstić information content (AvgIpc) is 2.44. The fourth-order valence-electron chi connectivity index (χ4n) is 2.65. The Hall–Kier alpha value is -1.59. The molecule has 1 aromatic carbocycles. The molecule has 6 heteroatoms. The largest absolute Gasteiger partial charge is 0.369 e. The van der Waals surface area contributed by atoms with Gasteiger partial charge in [-0.05, 0) is 24.6 Å². The Morgan fingerprint density at radius 2 is 2.05 bits per heavy atom. The summed E-state index contributed by atoms with van der Waals surface area (Å²) in [7, 11) is 0. The number of hydrogen-bond acceptors (Lipinski definition) is 2. The van der Waals surface area contributed by atoms with Crippen molar-refractivity contribution < 1.29 is 14.5 Å². The second-order valence-corrected chi connectivity index (χ2v) is 5.97. The monoisotopic (exact) mass is 310 g/mol. The van der Waals surface area contributed by atoms with Crippen molar-refractivity contribution in [2.24, 2.45) is 11.7 Å². The smallest absolute Gasteiger partial charge is 0.279 e. The van der Waals surface area contributed by atoms with Gasteiger partial charge >= 0.3 is 0 Å². The van der Waals surface area contributed by atoms with Gasteiger partial charge in [0.1, 0.15) is 0 Å². The molecule has 2 rings (SSSR count). The van der Waals surface area contributed by atoms with Crippen LogP contribution in [0, 0.1) is 12.8 Å². The molecule has 1 aliphatic rings. The van der Waals surface area contributed by atoms with Crippen molar-refractivity contribution in [2.45, 2.75) is 19.8 Å². The third-order valence-corrected chi connectivity index (χ3v) is 4.46. The Labute approximate surface area is 129 Å². The molecule has 114 valence electrons. The first-order valence-electron chi connectivity index (χ1n) is 7.15. The quantitative estimate of drug-likeness (QED) is 0.751. The van der Waals surface area contributed by atoms with Crippen molar-refractivity contribution >= 4 is 29.1 Å². The van der Waals surface area contributed by atoms with Gasteiger partial charge in [-0.15, -0.1) is 0 Å². The fourth-order valence-corrected chi connectivity index (χ4v) is 2.83. The van der Waals surface area contributed by atoms with Crippen molar-refractivity contribution in [1.29, 1.82) is 0 Å². The molecule has 1 aromatic rings. The lowest BCUT2D eigenvalue weighted by atomic mass is 9.96. The van der Waals surface area contributed by atoms with E-state index in [1.54, 1.807) is 6.07 Å². The molecular formula is C15H21ClN3O2+. The van der Waals surface area contributed by atoms with E-state index in [9.17, 15) is 9.59 Å². The molecular weight excluding hydrogens is 290 g/mol. The Bertz CT molecular complexity index is 540. The number of likely N-dealkylation sites (tertiary alicyclic amines) is 1. The number of quaternary nitrogens is 1. The Balaban J connectivity index is 1.86. The first kappa shape index (κ1) is 15.8. The van der Waals surface area contributed by atoms with Gasteiger partial charge < -0.3 is 16.0 Å². The number of carbonyl (C=O) groups excluding carboxylic acids is 2. The summed E-state index contributed by atoms with van der Waals surface area (Å²) in [6.45, 7) is 3.88. The van der Waals surface area contributed by atoms with Crippen LogP contribution in [0.15, 0.2) is 18.2 Å². The second-order valence-electron chi connectivity index (χ2n) is 5.56. The highest BCUT2D eigenvalue weighted by Gasteiger charge is 2.27. The van der Waals surface area contributed by atoms with Gasteiger partial charge in [0, 0.05) is 29.5 Å². The van der Waals surface area contributed by atoms with Crippen LogP contribution in [-0.4, -0.2) is 31.4 Å². The van der Waals surface area contributed by atoms with E-state index in [0.29, 0.717) is 11.6 Å². The molecule has 0 unspecified atom stereocenters. The minimum absolute atomic E-state index is 0.0344. The van der Waals surface area contributed by atoms with Gasteiger partial charge in [-0.25, -0.2) is 0 Å². The number of benzene rings is 1. The van der Waals surface area contributed by atoms with E-state index >= 15 is 0 Å². The Morgan fingerprint density at radius 1 is 1.38 bits per heavy atom. The van der Waals surface area contributed by atoms with E-state index < -0.39 is 0 Å². The molecule has 2 amide bonds. The molecule has 21 heavy (non-hydrogen) atoms. The van der Waals surface area contributed by atoms with Crippen molar-refractivity contribution in [3.05, 3.63) is 28.8 Å². The summed E-state index contributed by atoms with van der Waals surface area (Å²) < 4.78 is 0. The SMILES string of the molecule is Cc1c(Cl)cccc1NC(=O)C[NH+]1CCC(C(N)=O)CC1. The van der Waals surface area contributed by atoms with Crippen molar-refractivity contribution in [3.63, 3.8) is 0 Å².